The van der Waals surface area contributed by atoms with Gasteiger partial charge in [-0.3, -0.25) is 9.69 Å². The second kappa shape index (κ2) is 14.0. The van der Waals surface area contributed by atoms with E-state index in [2.05, 4.69) is 4.90 Å². The van der Waals surface area contributed by atoms with Gasteiger partial charge >= 0.3 is 0 Å². The number of nitrogens with zero attached hydrogens (tertiary/aromatic N) is 3. The molecule has 4 aliphatic rings. The summed E-state index contributed by atoms with van der Waals surface area (Å²) in [6.07, 6.45) is 4.13. The van der Waals surface area contributed by atoms with Crippen LogP contribution >= 0.6 is 0 Å². The van der Waals surface area contributed by atoms with Crippen LogP contribution in [0.15, 0.2) is 59.2 Å². The summed E-state index contributed by atoms with van der Waals surface area (Å²) >= 11 is 0. The molecule has 6 rings (SSSR count). The maximum atomic E-state index is 13.6. The lowest BCUT2D eigenvalue weighted by atomic mass is 9.96. The van der Waals surface area contributed by atoms with E-state index in [1.807, 2.05) is 29.2 Å². The molecule has 0 unspecified atom stereocenters. The summed E-state index contributed by atoms with van der Waals surface area (Å²) in [6, 6.07) is 12.1. The van der Waals surface area contributed by atoms with Gasteiger partial charge in [-0.15, -0.1) is 0 Å². The molecule has 45 heavy (non-hydrogen) atoms. The number of carbonyl (C=O) groups is 1. The highest BCUT2D eigenvalue weighted by molar-refractivity contribution is 7.89. The molecule has 12 nitrogen and oxygen atoms in total. The molecule has 2 aromatic rings. The van der Waals surface area contributed by atoms with Gasteiger partial charge in [0.2, 0.25) is 23.1 Å². The molecule has 3 aliphatic heterocycles. The van der Waals surface area contributed by atoms with E-state index in [1.54, 1.807) is 12.1 Å². The zero-order chi connectivity index (χ0) is 31.4. The Morgan fingerprint density at radius 3 is 2.49 bits per heavy atom. The number of methoxy groups -OCH3 is 1. The summed E-state index contributed by atoms with van der Waals surface area (Å²) in [6.45, 7) is 3.34. The van der Waals surface area contributed by atoms with E-state index >= 15 is 0 Å². The van der Waals surface area contributed by atoms with E-state index in [4.69, 9.17) is 23.7 Å². The first-order chi connectivity index (χ1) is 21.8. The van der Waals surface area contributed by atoms with Crippen molar-refractivity contribution in [1.29, 1.82) is 0 Å². The molecule has 0 radical (unpaired) electrons. The Hall–Kier alpha value is -3.36. The summed E-state index contributed by atoms with van der Waals surface area (Å²) in [7, 11) is -2.35. The minimum atomic E-state index is -3.86. The first kappa shape index (κ1) is 31.6. The smallest absolute Gasteiger partial charge is 0.288 e. The summed E-state index contributed by atoms with van der Waals surface area (Å²) in [5, 5.41) is 9.57. The van der Waals surface area contributed by atoms with Crippen molar-refractivity contribution in [2.75, 3.05) is 66.4 Å². The largest absolute Gasteiger partial charge is 0.497 e. The van der Waals surface area contributed by atoms with E-state index < -0.39 is 16.3 Å². The fourth-order valence-corrected chi connectivity index (χ4v) is 7.41. The van der Waals surface area contributed by atoms with Gasteiger partial charge in [-0.1, -0.05) is 6.07 Å². The topological polar surface area (TPSA) is 127 Å². The highest BCUT2D eigenvalue weighted by Crippen LogP contribution is 2.43. The molecule has 1 saturated heterocycles. The van der Waals surface area contributed by atoms with Crippen LogP contribution in [-0.4, -0.2) is 106 Å². The van der Waals surface area contributed by atoms with Crippen LogP contribution in [-0.2, 0) is 30.8 Å². The zero-order valence-electron chi connectivity index (χ0n) is 25.5. The Morgan fingerprint density at radius 1 is 1.02 bits per heavy atom. The van der Waals surface area contributed by atoms with Crippen LogP contribution in [0, 0.1) is 11.8 Å². The second-order valence-electron chi connectivity index (χ2n) is 11.7. The first-order valence-electron chi connectivity index (χ1n) is 15.5. The predicted octanol–water partition coefficient (Wildman–Crippen LogP) is 2.42. The van der Waals surface area contributed by atoms with Crippen molar-refractivity contribution in [1.82, 2.24) is 14.1 Å². The quantitative estimate of drug-likeness (QED) is 0.348. The average Bonchev–Trinajstić information content (AvgIpc) is 3.81. The molecule has 2 atom stereocenters. The number of carbonyl (C=O) groups excluding carboxylic acids is 1. The SMILES string of the molecule is COc1ccc(S(=O)(=O)N(CCO)CCO[C@@H]2C[C@H](C3CC3)C=C(C(=O)N3CCN(Cc4ccc5c(c4)OCO5)CC3)O2)cc1. The molecule has 244 valence electrons. The standard InChI is InChI=1S/C32H41N3O9S/c1-40-26-5-7-27(8-6-26)45(38,39)35(14-16-36)15-17-41-31-20-25(24-3-4-24)19-30(44-31)32(37)34-12-10-33(11-13-34)21-23-2-9-28-29(18-23)43-22-42-28/h2,5-9,18-19,24-25,31,36H,3-4,10-17,20-22H2,1H3/t25-,31+/m1/s1. The normalized spacial score (nSPS) is 21.8. The molecule has 2 fully saturated rings. The van der Waals surface area contributed by atoms with Crippen molar-refractivity contribution in [3.05, 3.63) is 59.9 Å². The Balaban J connectivity index is 1.03. The van der Waals surface area contributed by atoms with Gasteiger partial charge in [0.05, 0.1) is 25.2 Å². The van der Waals surface area contributed by atoms with Gasteiger partial charge in [0.15, 0.2) is 17.3 Å². The molecule has 2 aromatic carbocycles. The van der Waals surface area contributed by atoms with Crippen molar-refractivity contribution in [2.24, 2.45) is 11.8 Å². The van der Waals surface area contributed by atoms with E-state index in [9.17, 15) is 18.3 Å². The summed E-state index contributed by atoms with van der Waals surface area (Å²) in [4.78, 5) is 17.8. The molecule has 0 spiro atoms. The van der Waals surface area contributed by atoms with E-state index in [1.165, 1.54) is 23.5 Å². The molecule has 1 N–H and O–H groups in total. The van der Waals surface area contributed by atoms with E-state index in [0.29, 0.717) is 36.9 Å². The van der Waals surface area contributed by atoms with Crippen molar-refractivity contribution in [3.8, 4) is 17.2 Å². The first-order valence-corrected chi connectivity index (χ1v) is 16.9. The molecule has 13 heteroatoms. The Morgan fingerprint density at radius 2 is 1.78 bits per heavy atom. The Bertz CT molecular complexity index is 1470. The number of rotatable bonds is 13. The predicted molar refractivity (Wildman–Crippen MR) is 163 cm³/mol. The van der Waals surface area contributed by atoms with Crippen LogP contribution in [0.4, 0.5) is 0 Å². The highest BCUT2D eigenvalue weighted by Gasteiger charge is 2.38. The van der Waals surface area contributed by atoms with Crippen LogP contribution in [0.1, 0.15) is 24.8 Å². The number of allylic oxidation sites excluding steroid dienone is 1. The van der Waals surface area contributed by atoms with Gasteiger partial charge in [0.1, 0.15) is 5.75 Å². The lowest BCUT2D eigenvalue weighted by molar-refractivity contribution is -0.156. The lowest BCUT2D eigenvalue weighted by Gasteiger charge is -2.36. The third-order valence-corrected chi connectivity index (χ3v) is 10.6. The van der Waals surface area contributed by atoms with Crippen LogP contribution < -0.4 is 14.2 Å². The second-order valence-corrected chi connectivity index (χ2v) is 13.7. The maximum Gasteiger partial charge on any atom is 0.288 e. The van der Waals surface area contributed by atoms with Gasteiger partial charge in [-0.2, -0.15) is 4.31 Å². The summed E-state index contributed by atoms with van der Waals surface area (Å²) in [5.74, 6) is 2.93. The molecule has 1 saturated carbocycles. The average molecular weight is 644 g/mol. The molecular formula is C32H41N3O9S. The number of hydrogen-bond acceptors (Lipinski definition) is 10. The van der Waals surface area contributed by atoms with Gasteiger partial charge in [-0.25, -0.2) is 8.42 Å². The molecule has 3 heterocycles. The zero-order valence-corrected chi connectivity index (χ0v) is 26.3. The number of benzene rings is 2. The van der Waals surface area contributed by atoms with Crippen LogP contribution in [0.2, 0.25) is 0 Å². The number of aliphatic hydroxyl groups excluding tert-OH is 1. The van der Waals surface area contributed by atoms with E-state index in [-0.39, 0.29) is 49.8 Å². The number of fused-ring (bicyclic) bond motifs is 1. The fraction of sp³-hybridized carbons (Fsp3) is 0.531. The van der Waals surface area contributed by atoms with Gasteiger partial charge in [-0.05, 0) is 72.7 Å². The number of ether oxygens (including phenoxy) is 5. The number of sulfonamides is 1. The van der Waals surface area contributed by atoms with Gasteiger partial charge < -0.3 is 33.7 Å². The fourth-order valence-electron chi connectivity index (χ4n) is 6.00. The minimum Gasteiger partial charge on any atom is -0.497 e. The number of hydrogen-bond donors (Lipinski definition) is 1. The van der Waals surface area contributed by atoms with Crippen LogP contribution in [0.5, 0.6) is 17.2 Å². The molecular weight excluding hydrogens is 602 g/mol. The lowest BCUT2D eigenvalue weighted by Crippen LogP contribution is -2.49. The van der Waals surface area contributed by atoms with Gasteiger partial charge in [0.25, 0.3) is 5.91 Å². The summed E-state index contributed by atoms with van der Waals surface area (Å²) < 4.78 is 55.9. The van der Waals surface area contributed by atoms with Crippen molar-refractivity contribution < 1.29 is 42.0 Å². The van der Waals surface area contributed by atoms with Crippen molar-refractivity contribution in [2.45, 2.75) is 37.0 Å². The molecule has 1 amide bonds. The number of aliphatic hydroxyl groups is 1. The summed E-state index contributed by atoms with van der Waals surface area (Å²) in [5.41, 5.74) is 1.14. The minimum absolute atomic E-state index is 0.0290. The molecule has 1 aliphatic carbocycles. The molecule has 0 aromatic heterocycles. The maximum absolute atomic E-state index is 13.6. The highest BCUT2D eigenvalue weighted by atomic mass is 32.2. The van der Waals surface area contributed by atoms with Crippen LogP contribution in [0.3, 0.4) is 0 Å². The number of piperazine rings is 1. The number of amides is 1. The van der Waals surface area contributed by atoms with Gasteiger partial charge in [0, 0.05) is 52.2 Å². The van der Waals surface area contributed by atoms with Crippen molar-refractivity contribution >= 4 is 15.9 Å². The van der Waals surface area contributed by atoms with Crippen LogP contribution in [0.25, 0.3) is 0 Å². The Labute approximate surface area is 264 Å². The Kier molecular flexibility index (Phi) is 9.81. The third-order valence-electron chi connectivity index (χ3n) is 8.72. The third kappa shape index (κ3) is 7.55. The van der Waals surface area contributed by atoms with E-state index in [0.717, 1.165) is 49.5 Å². The van der Waals surface area contributed by atoms with Crippen molar-refractivity contribution in [3.63, 3.8) is 0 Å². The monoisotopic (exact) mass is 643 g/mol. The molecule has 0 bridgehead atoms.